The standard InChI is InChI=1S/C12H10O4S2/c13-17(14)11-5-1-9(2-6-11)10-3-7-12(8-4-10)18(15)16/h1-8H,(H,13,14)(H,15,16)/p-2. The second kappa shape index (κ2) is 5.53. The maximum absolute atomic E-state index is 10.7. The van der Waals surface area contributed by atoms with Gasteiger partial charge in [-0.25, -0.2) is 0 Å². The van der Waals surface area contributed by atoms with E-state index in [2.05, 4.69) is 0 Å². The summed E-state index contributed by atoms with van der Waals surface area (Å²) in [7, 11) is 0. The van der Waals surface area contributed by atoms with E-state index >= 15 is 0 Å². The van der Waals surface area contributed by atoms with Gasteiger partial charge in [0.2, 0.25) is 0 Å². The molecule has 0 spiro atoms. The van der Waals surface area contributed by atoms with Gasteiger partial charge < -0.3 is 9.11 Å². The molecule has 0 saturated heterocycles. The summed E-state index contributed by atoms with van der Waals surface area (Å²) < 4.78 is 42.8. The van der Waals surface area contributed by atoms with Gasteiger partial charge in [-0.05, 0) is 57.6 Å². The Morgan fingerprint density at radius 1 is 0.611 bits per heavy atom. The van der Waals surface area contributed by atoms with Crippen molar-refractivity contribution in [1.29, 1.82) is 0 Å². The van der Waals surface area contributed by atoms with Crippen molar-refractivity contribution in [1.82, 2.24) is 0 Å². The molecule has 0 radical (unpaired) electrons. The number of hydrogen-bond donors (Lipinski definition) is 0. The zero-order chi connectivity index (χ0) is 13.1. The van der Waals surface area contributed by atoms with E-state index in [0.717, 1.165) is 11.1 Å². The maximum atomic E-state index is 10.7. The van der Waals surface area contributed by atoms with E-state index in [1.54, 1.807) is 24.3 Å². The molecular formula is C12H8O4S2-2. The lowest BCUT2D eigenvalue weighted by Gasteiger charge is -2.08. The Balaban J connectivity index is 2.31. The first-order chi connectivity index (χ1) is 8.58. The van der Waals surface area contributed by atoms with E-state index in [0.29, 0.717) is 0 Å². The van der Waals surface area contributed by atoms with E-state index < -0.39 is 22.2 Å². The van der Waals surface area contributed by atoms with Crippen LogP contribution >= 0.6 is 0 Å². The minimum Gasteiger partial charge on any atom is -0.768 e. The molecule has 94 valence electrons. The normalized spacial score (nSPS) is 14.1. The highest BCUT2D eigenvalue weighted by molar-refractivity contribution is 7.79. The molecule has 2 atom stereocenters. The van der Waals surface area contributed by atoms with Crippen molar-refractivity contribution in [2.45, 2.75) is 9.79 Å². The van der Waals surface area contributed by atoms with Crippen molar-refractivity contribution in [3.63, 3.8) is 0 Å². The SMILES string of the molecule is O=S([O-])c1ccc(-c2ccc(S(=O)[O-])cc2)cc1. The smallest absolute Gasteiger partial charge is 0.0249 e. The third kappa shape index (κ3) is 2.91. The maximum Gasteiger partial charge on any atom is 0.0249 e. The molecule has 0 bridgehead atoms. The second-order valence-electron chi connectivity index (χ2n) is 3.52. The quantitative estimate of drug-likeness (QED) is 0.803. The zero-order valence-corrected chi connectivity index (χ0v) is 10.7. The molecule has 2 aromatic carbocycles. The minimum absolute atomic E-state index is 0.219. The van der Waals surface area contributed by atoms with Gasteiger partial charge in [0.1, 0.15) is 0 Å². The highest BCUT2D eigenvalue weighted by Crippen LogP contribution is 2.21. The Morgan fingerprint density at radius 3 is 1.11 bits per heavy atom. The van der Waals surface area contributed by atoms with Gasteiger partial charge >= 0.3 is 0 Å². The molecule has 0 amide bonds. The van der Waals surface area contributed by atoms with Gasteiger partial charge in [0.15, 0.2) is 0 Å². The topological polar surface area (TPSA) is 80.3 Å². The summed E-state index contributed by atoms with van der Waals surface area (Å²) in [6, 6.07) is 12.7. The molecular weight excluding hydrogens is 272 g/mol. The van der Waals surface area contributed by atoms with Crippen LogP contribution < -0.4 is 0 Å². The zero-order valence-electron chi connectivity index (χ0n) is 9.07. The Kier molecular flexibility index (Phi) is 4.03. The Morgan fingerprint density at radius 2 is 0.889 bits per heavy atom. The Bertz CT molecular complexity index is 535. The molecule has 0 aliphatic rings. The fourth-order valence-electron chi connectivity index (χ4n) is 1.52. The van der Waals surface area contributed by atoms with Crippen LogP contribution in [-0.4, -0.2) is 17.5 Å². The predicted molar refractivity (Wildman–Crippen MR) is 66.2 cm³/mol. The van der Waals surface area contributed by atoms with Crippen LogP contribution in [0, 0.1) is 0 Å². The highest BCUT2D eigenvalue weighted by Gasteiger charge is 1.99. The van der Waals surface area contributed by atoms with Gasteiger partial charge in [0, 0.05) is 9.79 Å². The van der Waals surface area contributed by atoms with E-state index in [9.17, 15) is 17.5 Å². The summed E-state index contributed by atoms with van der Waals surface area (Å²) in [6.45, 7) is 0. The van der Waals surface area contributed by atoms with Crippen LogP contribution in [0.4, 0.5) is 0 Å². The van der Waals surface area contributed by atoms with Crippen molar-refractivity contribution < 1.29 is 17.5 Å². The summed E-state index contributed by atoms with van der Waals surface area (Å²) in [5, 5.41) is 0. The molecule has 2 unspecified atom stereocenters. The summed E-state index contributed by atoms with van der Waals surface area (Å²) in [5.41, 5.74) is 1.65. The number of rotatable bonds is 3. The summed E-state index contributed by atoms with van der Waals surface area (Å²) >= 11 is -4.47. The first-order valence-electron chi connectivity index (χ1n) is 4.97. The van der Waals surface area contributed by atoms with Crippen molar-refractivity contribution in [2.75, 3.05) is 0 Å². The van der Waals surface area contributed by atoms with E-state index in [1.165, 1.54) is 24.3 Å². The van der Waals surface area contributed by atoms with E-state index in [-0.39, 0.29) is 9.79 Å². The van der Waals surface area contributed by atoms with Crippen LogP contribution in [0.1, 0.15) is 0 Å². The van der Waals surface area contributed by atoms with Crippen molar-refractivity contribution in [2.24, 2.45) is 0 Å². The van der Waals surface area contributed by atoms with Crippen LogP contribution in [0.15, 0.2) is 58.3 Å². The van der Waals surface area contributed by atoms with Crippen LogP contribution in [0.2, 0.25) is 0 Å². The first kappa shape index (κ1) is 13.1. The summed E-state index contributed by atoms with van der Waals surface area (Å²) in [6.07, 6.45) is 0. The first-order valence-corrected chi connectivity index (χ1v) is 7.12. The van der Waals surface area contributed by atoms with Crippen molar-refractivity contribution >= 4 is 22.2 Å². The van der Waals surface area contributed by atoms with E-state index in [4.69, 9.17) is 0 Å². The molecule has 0 N–H and O–H groups in total. The molecule has 2 aromatic rings. The van der Waals surface area contributed by atoms with Crippen LogP contribution in [0.25, 0.3) is 11.1 Å². The van der Waals surface area contributed by atoms with Crippen molar-refractivity contribution in [3.8, 4) is 11.1 Å². The molecule has 2 rings (SSSR count). The third-order valence-corrected chi connectivity index (χ3v) is 3.74. The van der Waals surface area contributed by atoms with E-state index in [1.807, 2.05) is 0 Å². The third-order valence-electron chi connectivity index (χ3n) is 2.43. The molecule has 0 aliphatic carbocycles. The largest absolute Gasteiger partial charge is 0.768 e. The van der Waals surface area contributed by atoms with Gasteiger partial charge in [-0.1, -0.05) is 24.3 Å². The lowest BCUT2D eigenvalue weighted by atomic mass is 10.1. The minimum atomic E-state index is -2.24. The number of hydrogen-bond acceptors (Lipinski definition) is 4. The molecule has 0 heterocycles. The van der Waals surface area contributed by atoms with Crippen LogP contribution in [0.3, 0.4) is 0 Å². The fourth-order valence-corrected chi connectivity index (χ4v) is 2.23. The molecule has 18 heavy (non-hydrogen) atoms. The Labute approximate surface area is 109 Å². The van der Waals surface area contributed by atoms with Crippen molar-refractivity contribution in [3.05, 3.63) is 48.5 Å². The van der Waals surface area contributed by atoms with Crippen LogP contribution in [-0.2, 0) is 22.2 Å². The summed E-state index contributed by atoms with van der Waals surface area (Å²) in [4.78, 5) is 0.437. The van der Waals surface area contributed by atoms with Gasteiger partial charge in [-0.3, -0.25) is 8.42 Å². The molecule has 4 nitrogen and oxygen atoms in total. The fraction of sp³-hybridized carbons (Fsp3) is 0. The van der Waals surface area contributed by atoms with Gasteiger partial charge in [0.25, 0.3) is 0 Å². The average molecular weight is 280 g/mol. The Hall–Kier alpha value is -1.34. The summed E-state index contributed by atoms with van der Waals surface area (Å²) in [5.74, 6) is 0. The van der Waals surface area contributed by atoms with Crippen LogP contribution in [0.5, 0.6) is 0 Å². The molecule has 6 heteroatoms. The predicted octanol–water partition coefficient (Wildman–Crippen LogP) is 1.83. The lowest BCUT2D eigenvalue weighted by molar-refractivity contribution is 0.535. The molecule has 0 aromatic heterocycles. The highest BCUT2D eigenvalue weighted by atomic mass is 32.2. The monoisotopic (exact) mass is 280 g/mol. The molecule has 0 saturated carbocycles. The molecule has 0 aliphatic heterocycles. The molecule has 0 fully saturated rings. The number of benzene rings is 2. The van der Waals surface area contributed by atoms with Gasteiger partial charge in [0.05, 0.1) is 0 Å². The average Bonchev–Trinajstić information content (AvgIpc) is 2.39. The second-order valence-corrected chi connectivity index (χ2v) is 5.40. The van der Waals surface area contributed by atoms with Gasteiger partial charge in [-0.2, -0.15) is 0 Å². The lowest BCUT2D eigenvalue weighted by Crippen LogP contribution is -1.89. The van der Waals surface area contributed by atoms with Gasteiger partial charge in [-0.15, -0.1) is 0 Å².